The van der Waals surface area contributed by atoms with Gasteiger partial charge in [0, 0.05) is 18.1 Å². The Bertz CT molecular complexity index is 1390. The van der Waals surface area contributed by atoms with E-state index < -0.39 is 10.0 Å². The fourth-order valence-electron chi connectivity index (χ4n) is 3.24. The quantitative estimate of drug-likeness (QED) is 0.373. The fourth-order valence-corrected chi connectivity index (χ4v) is 4.95. The first-order valence-electron chi connectivity index (χ1n) is 10.2. The highest BCUT2D eigenvalue weighted by Crippen LogP contribution is 2.24. The SMILES string of the molecule is Cc1ccc(S(=O)(=O)NCc2nnc(SCC(=O)Nc3cccc4ccccc34)n2C)cc1. The molecule has 0 unspecified atom stereocenters. The summed E-state index contributed by atoms with van der Waals surface area (Å²) in [6.07, 6.45) is 0. The number of anilines is 1. The molecule has 0 bridgehead atoms. The van der Waals surface area contributed by atoms with Crippen LogP contribution < -0.4 is 10.0 Å². The summed E-state index contributed by atoms with van der Waals surface area (Å²) in [5.74, 6) is 0.424. The smallest absolute Gasteiger partial charge is 0.240 e. The summed E-state index contributed by atoms with van der Waals surface area (Å²) in [6.45, 7) is 1.88. The molecule has 0 aliphatic heterocycles. The minimum Gasteiger partial charge on any atom is -0.325 e. The second-order valence-corrected chi connectivity index (χ2v) is 10.2. The molecule has 3 aromatic carbocycles. The van der Waals surface area contributed by atoms with Gasteiger partial charge in [-0.25, -0.2) is 13.1 Å². The van der Waals surface area contributed by atoms with Crippen LogP contribution in [0.2, 0.25) is 0 Å². The van der Waals surface area contributed by atoms with Gasteiger partial charge in [0.05, 0.1) is 17.2 Å². The molecular formula is C23H23N5O3S2. The predicted octanol–water partition coefficient (Wildman–Crippen LogP) is 3.49. The van der Waals surface area contributed by atoms with Gasteiger partial charge in [0.1, 0.15) is 5.82 Å². The molecular weight excluding hydrogens is 458 g/mol. The molecule has 4 rings (SSSR count). The van der Waals surface area contributed by atoms with Crippen molar-refractivity contribution in [2.45, 2.75) is 23.5 Å². The van der Waals surface area contributed by atoms with Gasteiger partial charge >= 0.3 is 0 Å². The molecule has 33 heavy (non-hydrogen) atoms. The number of nitrogens with zero attached hydrogens (tertiary/aromatic N) is 3. The van der Waals surface area contributed by atoms with Crippen molar-refractivity contribution in [3.05, 3.63) is 78.1 Å². The van der Waals surface area contributed by atoms with Crippen molar-refractivity contribution in [1.82, 2.24) is 19.5 Å². The van der Waals surface area contributed by atoms with Crippen molar-refractivity contribution in [1.29, 1.82) is 0 Å². The zero-order valence-electron chi connectivity index (χ0n) is 18.1. The van der Waals surface area contributed by atoms with Crippen molar-refractivity contribution in [2.24, 2.45) is 7.05 Å². The molecule has 1 heterocycles. The second-order valence-electron chi connectivity index (χ2n) is 7.46. The lowest BCUT2D eigenvalue weighted by molar-refractivity contribution is -0.113. The van der Waals surface area contributed by atoms with Gasteiger partial charge < -0.3 is 9.88 Å². The van der Waals surface area contributed by atoms with Gasteiger partial charge in [-0.05, 0) is 30.5 Å². The van der Waals surface area contributed by atoms with Crippen LogP contribution in [0.1, 0.15) is 11.4 Å². The molecule has 1 amide bonds. The van der Waals surface area contributed by atoms with E-state index in [1.165, 1.54) is 11.8 Å². The molecule has 2 N–H and O–H groups in total. The van der Waals surface area contributed by atoms with E-state index in [2.05, 4.69) is 20.2 Å². The van der Waals surface area contributed by atoms with E-state index in [0.29, 0.717) is 11.0 Å². The maximum Gasteiger partial charge on any atom is 0.240 e. The van der Waals surface area contributed by atoms with Crippen molar-refractivity contribution in [3.63, 3.8) is 0 Å². The van der Waals surface area contributed by atoms with Gasteiger partial charge in [0.15, 0.2) is 5.16 Å². The van der Waals surface area contributed by atoms with Gasteiger partial charge in [-0.2, -0.15) is 0 Å². The molecule has 170 valence electrons. The van der Waals surface area contributed by atoms with Crippen LogP contribution in [0.5, 0.6) is 0 Å². The van der Waals surface area contributed by atoms with E-state index in [0.717, 1.165) is 22.0 Å². The summed E-state index contributed by atoms with van der Waals surface area (Å²) in [5.41, 5.74) is 1.73. The monoisotopic (exact) mass is 481 g/mol. The number of carbonyl (C=O) groups excluding carboxylic acids is 1. The summed E-state index contributed by atoms with van der Waals surface area (Å²) >= 11 is 1.23. The molecule has 1 aromatic heterocycles. The Kier molecular flexibility index (Phi) is 6.77. The lowest BCUT2D eigenvalue weighted by atomic mass is 10.1. The number of sulfonamides is 1. The first-order chi connectivity index (χ1) is 15.8. The number of hydrogen-bond donors (Lipinski definition) is 2. The number of fused-ring (bicyclic) bond motifs is 1. The van der Waals surface area contributed by atoms with Crippen LogP contribution in [0.15, 0.2) is 76.8 Å². The number of aromatic nitrogens is 3. The topological polar surface area (TPSA) is 106 Å². The third-order valence-corrected chi connectivity index (χ3v) is 7.51. The Morgan fingerprint density at radius 2 is 1.73 bits per heavy atom. The number of benzene rings is 3. The Hall–Kier alpha value is -3.21. The Morgan fingerprint density at radius 3 is 2.52 bits per heavy atom. The van der Waals surface area contributed by atoms with Crippen molar-refractivity contribution < 1.29 is 13.2 Å². The first-order valence-corrected chi connectivity index (χ1v) is 12.7. The number of thioether (sulfide) groups is 1. The summed E-state index contributed by atoms with van der Waals surface area (Å²) in [5, 5.41) is 13.6. The summed E-state index contributed by atoms with van der Waals surface area (Å²) in [7, 11) is -1.93. The van der Waals surface area contributed by atoms with E-state index in [9.17, 15) is 13.2 Å². The van der Waals surface area contributed by atoms with Crippen molar-refractivity contribution in [2.75, 3.05) is 11.1 Å². The van der Waals surface area contributed by atoms with Crippen LogP contribution in [-0.4, -0.2) is 34.8 Å². The third kappa shape index (κ3) is 5.41. The van der Waals surface area contributed by atoms with Gasteiger partial charge in [-0.3, -0.25) is 4.79 Å². The van der Waals surface area contributed by atoms with E-state index in [4.69, 9.17) is 0 Å². The summed E-state index contributed by atoms with van der Waals surface area (Å²) in [4.78, 5) is 12.7. The number of hydrogen-bond acceptors (Lipinski definition) is 6. The summed E-state index contributed by atoms with van der Waals surface area (Å²) in [6, 6.07) is 20.2. The maximum atomic E-state index is 12.5. The zero-order chi connectivity index (χ0) is 23.4. The fraction of sp³-hybridized carbons (Fsp3) is 0.174. The zero-order valence-corrected chi connectivity index (χ0v) is 19.8. The van der Waals surface area contributed by atoms with E-state index in [-0.39, 0.29) is 23.1 Å². The highest BCUT2D eigenvalue weighted by Gasteiger charge is 2.17. The summed E-state index contributed by atoms with van der Waals surface area (Å²) < 4.78 is 29.2. The average molecular weight is 482 g/mol. The molecule has 0 fully saturated rings. The van der Waals surface area contributed by atoms with E-state index in [1.807, 2.05) is 49.4 Å². The van der Waals surface area contributed by atoms with Gasteiger partial charge in [0.2, 0.25) is 15.9 Å². The molecule has 0 aliphatic carbocycles. The van der Waals surface area contributed by atoms with Crippen LogP contribution in [-0.2, 0) is 28.4 Å². The molecule has 4 aromatic rings. The van der Waals surface area contributed by atoms with Gasteiger partial charge in [-0.15, -0.1) is 10.2 Å². The highest BCUT2D eigenvalue weighted by atomic mass is 32.2. The molecule has 0 radical (unpaired) electrons. The van der Waals surface area contributed by atoms with Gasteiger partial charge in [0.25, 0.3) is 0 Å². The molecule has 0 saturated carbocycles. The van der Waals surface area contributed by atoms with Crippen molar-refractivity contribution in [3.8, 4) is 0 Å². The van der Waals surface area contributed by atoms with Crippen LogP contribution in [0.4, 0.5) is 5.69 Å². The van der Waals surface area contributed by atoms with E-state index in [1.54, 1.807) is 35.9 Å². The number of aryl methyl sites for hydroxylation is 1. The first kappa shape index (κ1) is 23.0. The second kappa shape index (κ2) is 9.74. The molecule has 10 heteroatoms. The Balaban J connectivity index is 1.36. The average Bonchev–Trinajstić information content (AvgIpc) is 3.16. The Morgan fingerprint density at radius 1 is 1.00 bits per heavy atom. The number of nitrogens with one attached hydrogen (secondary N) is 2. The number of rotatable bonds is 8. The number of carbonyl (C=O) groups is 1. The minimum absolute atomic E-state index is 0.0114. The van der Waals surface area contributed by atoms with Crippen LogP contribution in [0.25, 0.3) is 10.8 Å². The Labute approximate surface area is 196 Å². The van der Waals surface area contributed by atoms with E-state index >= 15 is 0 Å². The lowest BCUT2D eigenvalue weighted by Crippen LogP contribution is -2.24. The third-order valence-electron chi connectivity index (χ3n) is 5.07. The normalized spacial score (nSPS) is 11.6. The van der Waals surface area contributed by atoms with Crippen molar-refractivity contribution >= 4 is 44.2 Å². The van der Waals surface area contributed by atoms with Gasteiger partial charge in [-0.1, -0.05) is 65.9 Å². The standard InChI is InChI=1S/C23H23N5O3S2/c1-16-10-12-18(13-11-16)33(30,31)24-14-21-26-27-23(28(21)2)32-15-22(29)25-20-9-5-7-17-6-3-4-8-19(17)20/h3-13,24H,14-15H2,1-2H3,(H,25,29). The molecule has 0 atom stereocenters. The molecule has 8 nitrogen and oxygen atoms in total. The minimum atomic E-state index is -3.66. The highest BCUT2D eigenvalue weighted by molar-refractivity contribution is 7.99. The molecule has 0 aliphatic rings. The molecule has 0 spiro atoms. The number of amides is 1. The predicted molar refractivity (Wildman–Crippen MR) is 130 cm³/mol. The van der Waals surface area contributed by atoms with Crippen LogP contribution in [0, 0.1) is 6.92 Å². The van der Waals surface area contributed by atoms with Crippen LogP contribution in [0.3, 0.4) is 0 Å². The maximum absolute atomic E-state index is 12.5. The van der Waals surface area contributed by atoms with Crippen LogP contribution >= 0.6 is 11.8 Å². The molecule has 0 saturated heterocycles. The largest absolute Gasteiger partial charge is 0.325 e. The lowest BCUT2D eigenvalue weighted by Gasteiger charge is -2.09.